The van der Waals surface area contributed by atoms with Crippen molar-refractivity contribution in [3.63, 3.8) is 0 Å². The van der Waals surface area contributed by atoms with Crippen LogP contribution in [0.15, 0.2) is 121 Å². The Morgan fingerprint density at radius 3 is 1.43 bits per heavy atom. The fourth-order valence-electron chi connectivity index (χ4n) is 8.72. The minimum Gasteiger partial charge on any atom is -0.493 e. The smallest absolute Gasteiger partial charge is 0.410 e. The number of carbonyl (C=O) groups excluding carboxylic acids is 2. The molecule has 0 bridgehead atoms. The number of fused-ring (bicyclic) bond motifs is 2. The summed E-state index contributed by atoms with van der Waals surface area (Å²) in [6.07, 6.45) is 9.57. The van der Waals surface area contributed by atoms with E-state index >= 15 is 0 Å². The van der Waals surface area contributed by atoms with Crippen LogP contribution in [0.2, 0.25) is 0 Å². The predicted molar refractivity (Wildman–Crippen MR) is 292 cm³/mol. The number of nitrogens with zero attached hydrogens (tertiary/aromatic N) is 1. The van der Waals surface area contributed by atoms with Gasteiger partial charge in [0.15, 0.2) is 46.0 Å². The molecule has 6 aromatic rings. The molecule has 396 valence electrons. The minimum atomic E-state index is -0.773. The van der Waals surface area contributed by atoms with Gasteiger partial charge < -0.3 is 52.7 Å². The molecule has 1 amide bonds. The van der Waals surface area contributed by atoms with E-state index in [0.29, 0.717) is 49.2 Å². The molecule has 0 saturated heterocycles. The molecule has 0 aliphatic carbocycles. The molecule has 0 spiro atoms. The molecule has 6 aromatic carbocycles. The van der Waals surface area contributed by atoms with Gasteiger partial charge in [-0.2, -0.15) is 0 Å². The fraction of sp³-hybridized carbons (Fsp3) is 0.300. The summed E-state index contributed by atoms with van der Waals surface area (Å²) in [7, 11) is 12.5. The number of methoxy groups -OCH3 is 8. The lowest BCUT2D eigenvalue weighted by Crippen LogP contribution is -2.39. The first-order valence-electron chi connectivity index (χ1n) is 24.3. The quantitative estimate of drug-likeness (QED) is 0.0920. The summed E-state index contributed by atoms with van der Waals surface area (Å²) in [4.78, 5) is 23.8. The van der Waals surface area contributed by atoms with Crippen LogP contribution in [0.1, 0.15) is 67.7 Å². The number of halogens is 1. The Morgan fingerprint density at radius 2 is 0.973 bits per heavy atom. The molecule has 8 rings (SSSR count). The van der Waals surface area contributed by atoms with Crippen LogP contribution < -0.4 is 43.2 Å². The first kappa shape index (κ1) is 56.5. The number of aryl methyl sites for hydroxylation is 2. The maximum Gasteiger partial charge on any atom is 0.410 e. The number of nitrogens with one attached hydrogen (secondary N) is 1. The molecule has 14 nitrogen and oxygen atoms in total. The summed E-state index contributed by atoms with van der Waals surface area (Å²) in [6.45, 7) is 6.45. The molecule has 0 radical (unpaired) electrons. The Balaban J connectivity index is 0.000000225. The van der Waals surface area contributed by atoms with Crippen LogP contribution in [-0.4, -0.2) is 86.4 Å². The molecular weight excluding hydrogens is 976 g/mol. The average Bonchev–Trinajstić information content (AvgIpc) is 3.45. The standard InChI is InChI=1S/C30H33NO6.C28H31NO4.C2H3ClO2/c1-20-15-26(33-2)27(34-3)16-22(20)11-12-25-24-18-28(35-4)29(37-19-21-9-7-6-8-10-21)17-23(24)13-14-31(25)30(32)36-5;1-19-14-25(30-2)26(31-3)15-21(19)10-11-24-23-17-27(32-4)28(16-22(23)12-13-29-24)33-18-20-8-6-5-7-9-20;1-5-2(3)4/h6-12,15-18,25H,13-14,19H2,1-5H3;5-11,14-17,24,29H,12-13,18H2,1-4H3;1H3/b12-11+;11-10+;. The third kappa shape index (κ3) is 14.9. The van der Waals surface area contributed by atoms with Crippen molar-refractivity contribution in [2.45, 2.75) is 52.0 Å². The highest BCUT2D eigenvalue weighted by Gasteiger charge is 2.32. The molecular formula is C60H67ClN2O12. The average molecular weight is 1040 g/mol. The first-order valence-corrected chi connectivity index (χ1v) is 24.6. The highest BCUT2D eigenvalue weighted by atomic mass is 35.5. The topological polar surface area (TPSA) is 142 Å². The zero-order valence-electron chi connectivity index (χ0n) is 44.3. The van der Waals surface area contributed by atoms with Gasteiger partial charge in [0.05, 0.1) is 69.0 Å². The second-order valence-corrected chi connectivity index (χ2v) is 17.6. The lowest BCUT2D eigenvalue weighted by atomic mass is 9.91. The van der Waals surface area contributed by atoms with Gasteiger partial charge in [0.2, 0.25) is 0 Å². The van der Waals surface area contributed by atoms with Gasteiger partial charge in [-0.25, -0.2) is 9.59 Å². The van der Waals surface area contributed by atoms with Crippen molar-refractivity contribution in [1.82, 2.24) is 10.2 Å². The number of amides is 1. The van der Waals surface area contributed by atoms with Gasteiger partial charge in [-0.05, 0) is 131 Å². The van der Waals surface area contributed by atoms with Crippen molar-refractivity contribution in [2.75, 3.05) is 70.0 Å². The summed E-state index contributed by atoms with van der Waals surface area (Å²) >= 11 is 4.60. The Labute approximate surface area is 445 Å². The lowest BCUT2D eigenvalue weighted by Gasteiger charge is -2.35. The monoisotopic (exact) mass is 1040 g/mol. The summed E-state index contributed by atoms with van der Waals surface area (Å²) in [5.41, 5.74) is 10.2. The maximum atomic E-state index is 12.7. The SMILES string of the molecule is COC(=O)Cl.COC(=O)N1CCc2cc(OCc3ccccc3)c(OC)cc2C1/C=C/c1cc(OC)c(OC)cc1C.COc1cc(C)c(/C=C/C2NCCc3cc(OCc4ccccc4)c(OC)cc32)cc1OC. The zero-order chi connectivity index (χ0) is 53.9. The molecule has 2 aliphatic heterocycles. The summed E-state index contributed by atoms with van der Waals surface area (Å²) in [5, 5.41) is 3.61. The van der Waals surface area contributed by atoms with Crippen LogP contribution >= 0.6 is 11.6 Å². The second-order valence-electron chi connectivity index (χ2n) is 17.3. The maximum absolute atomic E-state index is 12.7. The van der Waals surface area contributed by atoms with Crippen LogP contribution in [0.25, 0.3) is 12.2 Å². The minimum absolute atomic E-state index is 0.0818. The van der Waals surface area contributed by atoms with E-state index in [1.165, 1.54) is 25.3 Å². The predicted octanol–water partition coefficient (Wildman–Crippen LogP) is 12.5. The van der Waals surface area contributed by atoms with Crippen molar-refractivity contribution < 1.29 is 57.0 Å². The fourth-order valence-corrected chi connectivity index (χ4v) is 8.72. The van der Waals surface area contributed by atoms with Crippen molar-refractivity contribution in [2.24, 2.45) is 0 Å². The van der Waals surface area contributed by atoms with Crippen molar-refractivity contribution in [1.29, 1.82) is 0 Å². The van der Waals surface area contributed by atoms with Gasteiger partial charge in [-0.1, -0.05) is 85.0 Å². The number of ether oxygens (including phenoxy) is 10. The van der Waals surface area contributed by atoms with E-state index < -0.39 is 5.43 Å². The highest BCUT2D eigenvalue weighted by Crippen LogP contribution is 2.41. The van der Waals surface area contributed by atoms with Gasteiger partial charge in [-0.3, -0.25) is 4.90 Å². The number of rotatable bonds is 16. The van der Waals surface area contributed by atoms with E-state index in [-0.39, 0.29) is 18.2 Å². The number of carbonyl (C=O) groups is 2. The largest absolute Gasteiger partial charge is 0.493 e. The molecule has 75 heavy (non-hydrogen) atoms. The molecule has 0 aromatic heterocycles. The zero-order valence-corrected chi connectivity index (χ0v) is 45.1. The third-order valence-electron chi connectivity index (χ3n) is 12.7. The highest BCUT2D eigenvalue weighted by molar-refractivity contribution is 6.61. The van der Waals surface area contributed by atoms with Crippen LogP contribution in [0.3, 0.4) is 0 Å². The summed E-state index contributed by atoms with van der Waals surface area (Å²) in [5.74, 6) is 5.59. The molecule has 15 heteroatoms. The Hall–Kier alpha value is -7.81. The Kier molecular flexibility index (Phi) is 21.1. The van der Waals surface area contributed by atoms with Crippen LogP contribution in [0, 0.1) is 13.8 Å². The molecule has 2 aliphatic rings. The second kappa shape index (κ2) is 28.0. The van der Waals surface area contributed by atoms with Crippen molar-refractivity contribution in [3.8, 4) is 46.0 Å². The van der Waals surface area contributed by atoms with Crippen molar-refractivity contribution in [3.05, 3.63) is 177 Å². The van der Waals surface area contributed by atoms with E-state index in [2.05, 4.69) is 65.0 Å². The Bertz CT molecular complexity index is 2910. The number of hydrogen-bond donors (Lipinski definition) is 1. The molecule has 0 fully saturated rings. The van der Waals surface area contributed by atoms with Crippen LogP contribution in [0.5, 0.6) is 46.0 Å². The van der Waals surface area contributed by atoms with Gasteiger partial charge >= 0.3 is 11.5 Å². The molecule has 1 N–H and O–H groups in total. The van der Waals surface area contributed by atoms with Crippen molar-refractivity contribution >= 4 is 35.3 Å². The van der Waals surface area contributed by atoms with Gasteiger partial charge in [0.25, 0.3) is 0 Å². The molecule has 2 heterocycles. The molecule has 0 saturated carbocycles. The van der Waals surface area contributed by atoms with Gasteiger partial charge in [0.1, 0.15) is 13.2 Å². The Morgan fingerprint density at radius 1 is 0.547 bits per heavy atom. The lowest BCUT2D eigenvalue weighted by molar-refractivity contribution is 0.110. The van der Waals surface area contributed by atoms with E-state index in [9.17, 15) is 9.59 Å². The van der Waals surface area contributed by atoms with Gasteiger partial charge in [-0.15, -0.1) is 0 Å². The van der Waals surface area contributed by atoms with E-state index in [0.717, 1.165) is 80.5 Å². The molecule has 2 unspecified atom stereocenters. The normalized spacial score (nSPS) is 14.4. The first-order chi connectivity index (χ1) is 36.4. The van der Waals surface area contributed by atoms with Crippen LogP contribution in [-0.2, 0) is 35.5 Å². The number of hydrogen-bond acceptors (Lipinski definition) is 13. The summed E-state index contributed by atoms with van der Waals surface area (Å²) in [6, 6.07) is 36.0. The van der Waals surface area contributed by atoms with E-state index in [1.807, 2.05) is 104 Å². The summed E-state index contributed by atoms with van der Waals surface area (Å²) < 4.78 is 54.4. The molecule has 2 atom stereocenters. The van der Waals surface area contributed by atoms with E-state index in [4.69, 9.17) is 42.6 Å². The van der Waals surface area contributed by atoms with Crippen LogP contribution in [0.4, 0.5) is 9.59 Å². The van der Waals surface area contributed by atoms with E-state index in [1.54, 1.807) is 47.6 Å². The number of benzene rings is 6. The third-order valence-corrected chi connectivity index (χ3v) is 12.9. The van der Waals surface area contributed by atoms with Gasteiger partial charge in [0, 0.05) is 24.7 Å².